The third kappa shape index (κ3) is 6.52. The molecule has 0 aliphatic rings. The zero-order chi connectivity index (χ0) is 25.5. The van der Waals surface area contributed by atoms with Crippen molar-refractivity contribution in [2.45, 2.75) is 24.3 Å². The molecule has 4 aromatic rings. The summed E-state index contributed by atoms with van der Waals surface area (Å²) in [5.41, 5.74) is 7.78. The normalized spacial score (nSPS) is 11.5. The van der Waals surface area contributed by atoms with Crippen molar-refractivity contribution in [1.82, 2.24) is 25.6 Å². The Bertz CT molecular complexity index is 1330. The van der Waals surface area contributed by atoms with Gasteiger partial charge in [-0.05, 0) is 50.2 Å². The van der Waals surface area contributed by atoms with Crippen LogP contribution in [-0.4, -0.2) is 38.4 Å². The van der Waals surface area contributed by atoms with Crippen molar-refractivity contribution in [2.75, 3.05) is 6.61 Å². The zero-order valence-corrected chi connectivity index (χ0v) is 22.0. The van der Waals surface area contributed by atoms with E-state index in [0.717, 1.165) is 21.3 Å². The van der Waals surface area contributed by atoms with E-state index in [1.165, 1.54) is 11.8 Å². The molecule has 2 N–H and O–H groups in total. The largest absolute Gasteiger partial charge is 0.484 e. The number of hydrogen-bond acceptors (Lipinski definition) is 6. The van der Waals surface area contributed by atoms with Crippen molar-refractivity contribution < 1.29 is 14.3 Å². The highest BCUT2D eigenvalue weighted by molar-refractivity contribution is 9.10. The minimum Gasteiger partial charge on any atom is -0.484 e. The fourth-order valence-electron chi connectivity index (χ4n) is 3.21. The summed E-state index contributed by atoms with van der Waals surface area (Å²) in [5.74, 6) is 0.372. The maximum Gasteiger partial charge on any atom is 0.276 e. The smallest absolute Gasteiger partial charge is 0.276 e. The summed E-state index contributed by atoms with van der Waals surface area (Å²) in [6.07, 6.45) is 0. The van der Waals surface area contributed by atoms with Gasteiger partial charge < -0.3 is 4.74 Å². The molecule has 1 heterocycles. The third-order valence-electron chi connectivity index (χ3n) is 5.12. The first kappa shape index (κ1) is 25.5. The number of ether oxygens (including phenoxy) is 1. The molecule has 1 aromatic heterocycles. The molecule has 8 nitrogen and oxygen atoms in total. The predicted molar refractivity (Wildman–Crippen MR) is 143 cm³/mol. The first-order valence-corrected chi connectivity index (χ1v) is 12.8. The molecule has 0 fully saturated rings. The van der Waals surface area contributed by atoms with Crippen LogP contribution in [0.5, 0.6) is 5.75 Å². The lowest BCUT2D eigenvalue weighted by Gasteiger charge is -2.14. The minimum absolute atomic E-state index is 0.230. The number of aryl methyl sites for hydroxylation is 1. The van der Waals surface area contributed by atoms with Gasteiger partial charge in [0.05, 0.1) is 5.25 Å². The van der Waals surface area contributed by atoms with E-state index < -0.39 is 11.2 Å². The molecule has 0 spiro atoms. The van der Waals surface area contributed by atoms with Crippen molar-refractivity contribution in [3.8, 4) is 22.8 Å². The van der Waals surface area contributed by atoms with Gasteiger partial charge in [0.1, 0.15) is 5.75 Å². The van der Waals surface area contributed by atoms with Crippen LogP contribution in [0.4, 0.5) is 0 Å². The minimum atomic E-state index is -0.560. The van der Waals surface area contributed by atoms with Crippen LogP contribution in [-0.2, 0) is 9.59 Å². The molecule has 184 valence electrons. The number of nitrogens with zero attached hydrogens (tertiary/aromatic N) is 3. The van der Waals surface area contributed by atoms with Gasteiger partial charge in [-0.25, -0.2) is 0 Å². The fourth-order valence-corrected chi connectivity index (χ4v) is 4.34. The van der Waals surface area contributed by atoms with E-state index in [4.69, 9.17) is 4.74 Å². The predicted octanol–water partition coefficient (Wildman–Crippen LogP) is 4.71. The molecule has 10 heteroatoms. The van der Waals surface area contributed by atoms with Gasteiger partial charge in [0, 0.05) is 15.7 Å². The molecular weight excluding hydrogens is 542 g/mol. The van der Waals surface area contributed by atoms with Crippen LogP contribution in [0.3, 0.4) is 0 Å². The Morgan fingerprint density at radius 2 is 1.67 bits per heavy atom. The standard InChI is InChI=1S/C26H24BrN5O3S/c1-17-8-10-19(11-9-17)24-29-31-26(32(24)21-6-4-3-5-7-21)36-18(2)25(34)30-28-23(33)16-35-22-14-12-20(27)13-15-22/h3-15,18H,16H2,1-2H3,(H,28,33)(H,30,34). The highest BCUT2D eigenvalue weighted by Crippen LogP contribution is 2.30. The molecule has 0 aliphatic carbocycles. The molecule has 4 rings (SSSR count). The summed E-state index contributed by atoms with van der Waals surface area (Å²) in [6, 6.07) is 24.9. The Hall–Kier alpha value is -3.63. The molecule has 0 bridgehead atoms. The lowest BCUT2D eigenvalue weighted by molar-refractivity contribution is -0.129. The molecule has 1 unspecified atom stereocenters. The van der Waals surface area contributed by atoms with Crippen LogP contribution in [0.2, 0.25) is 0 Å². The van der Waals surface area contributed by atoms with Crippen LogP contribution < -0.4 is 15.6 Å². The molecule has 3 aromatic carbocycles. The number of carbonyl (C=O) groups excluding carboxylic acids is 2. The van der Waals surface area contributed by atoms with Gasteiger partial charge in [-0.15, -0.1) is 10.2 Å². The lowest BCUT2D eigenvalue weighted by Crippen LogP contribution is -2.46. The maximum atomic E-state index is 12.7. The molecular formula is C26H24BrN5O3S. The number of carbonyl (C=O) groups is 2. The third-order valence-corrected chi connectivity index (χ3v) is 6.69. The van der Waals surface area contributed by atoms with E-state index in [-0.39, 0.29) is 12.5 Å². The van der Waals surface area contributed by atoms with Crippen LogP contribution >= 0.6 is 27.7 Å². The number of amides is 2. The van der Waals surface area contributed by atoms with E-state index in [1.807, 2.05) is 78.2 Å². The molecule has 0 radical (unpaired) electrons. The first-order chi connectivity index (χ1) is 17.4. The summed E-state index contributed by atoms with van der Waals surface area (Å²) < 4.78 is 8.25. The Morgan fingerprint density at radius 3 is 2.36 bits per heavy atom. The highest BCUT2D eigenvalue weighted by Gasteiger charge is 2.22. The Labute approximate surface area is 221 Å². The maximum absolute atomic E-state index is 12.7. The second-order valence-corrected chi connectivity index (χ2v) is 10.1. The zero-order valence-electron chi connectivity index (χ0n) is 19.6. The summed E-state index contributed by atoms with van der Waals surface area (Å²) in [5, 5.41) is 8.77. The van der Waals surface area contributed by atoms with Gasteiger partial charge in [0.15, 0.2) is 17.6 Å². The van der Waals surface area contributed by atoms with Gasteiger partial charge in [0.2, 0.25) is 0 Å². The van der Waals surface area contributed by atoms with E-state index in [9.17, 15) is 9.59 Å². The quantitative estimate of drug-likeness (QED) is 0.237. The van der Waals surface area contributed by atoms with E-state index in [2.05, 4.69) is 37.0 Å². The Kier molecular flexibility index (Phi) is 8.40. The SMILES string of the molecule is Cc1ccc(-c2nnc(SC(C)C(=O)NNC(=O)COc3ccc(Br)cc3)n2-c2ccccc2)cc1. The van der Waals surface area contributed by atoms with Crippen molar-refractivity contribution in [3.63, 3.8) is 0 Å². The van der Waals surface area contributed by atoms with E-state index in [0.29, 0.717) is 16.7 Å². The van der Waals surface area contributed by atoms with E-state index in [1.54, 1.807) is 19.1 Å². The van der Waals surface area contributed by atoms with Gasteiger partial charge >= 0.3 is 0 Å². The lowest BCUT2D eigenvalue weighted by atomic mass is 10.1. The number of nitrogens with one attached hydrogen (secondary N) is 2. The monoisotopic (exact) mass is 565 g/mol. The van der Waals surface area contributed by atoms with Crippen molar-refractivity contribution >= 4 is 39.5 Å². The Morgan fingerprint density at radius 1 is 0.972 bits per heavy atom. The average Bonchev–Trinajstić information content (AvgIpc) is 3.31. The molecule has 0 saturated carbocycles. The summed E-state index contributed by atoms with van der Waals surface area (Å²) in [7, 11) is 0. The number of hydrogen-bond donors (Lipinski definition) is 2. The van der Waals surface area contributed by atoms with Gasteiger partial charge in [-0.1, -0.05) is 75.7 Å². The number of thioether (sulfide) groups is 1. The first-order valence-electron chi connectivity index (χ1n) is 11.1. The number of para-hydroxylation sites is 1. The average molecular weight is 566 g/mol. The number of halogens is 1. The topological polar surface area (TPSA) is 98.1 Å². The number of aromatic nitrogens is 3. The fraction of sp³-hybridized carbons (Fsp3) is 0.154. The van der Waals surface area contributed by atoms with Gasteiger partial charge in [-0.2, -0.15) is 0 Å². The summed E-state index contributed by atoms with van der Waals surface area (Å²) in [6.45, 7) is 3.53. The van der Waals surface area contributed by atoms with Crippen LogP contribution in [0.1, 0.15) is 12.5 Å². The molecule has 1 atom stereocenters. The molecule has 0 aliphatic heterocycles. The molecule has 36 heavy (non-hydrogen) atoms. The Balaban J connectivity index is 1.41. The number of benzene rings is 3. The van der Waals surface area contributed by atoms with Crippen LogP contribution in [0.25, 0.3) is 17.1 Å². The summed E-state index contributed by atoms with van der Waals surface area (Å²) >= 11 is 4.59. The van der Waals surface area contributed by atoms with Gasteiger partial charge in [-0.3, -0.25) is 25.0 Å². The van der Waals surface area contributed by atoms with Gasteiger partial charge in [0.25, 0.3) is 11.8 Å². The van der Waals surface area contributed by atoms with Crippen molar-refractivity contribution in [2.24, 2.45) is 0 Å². The second kappa shape index (κ2) is 11.9. The van der Waals surface area contributed by atoms with Crippen molar-refractivity contribution in [3.05, 3.63) is 88.9 Å². The number of hydrazine groups is 1. The van der Waals surface area contributed by atoms with Crippen molar-refractivity contribution in [1.29, 1.82) is 0 Å². The van der Waals surface area contributed by atoms with E-state index >= 15 is 0 Å². The molecule has 2 amide bonds. The second-order valence-electron chi connectivity index (χ2n) is 7.88. The molecule has 0 saturated heterocycles. The van der Waals surface area contributed by atoms with Crippen LogP contribution in [0.15, 0.2) is 88.5 Å². The summed E-state index contributed by atoms with van der Waals surface area (Å²) in [4.78, 5) is 24.8. The van der Waals surface area contributed by atoms with Crippen LogP contribution in [0, 0.1) is 6.92 Å². The highest BCUT2D eigenvalue weighted by atomic mass is 79.9. The number of rotatable bonds is 8.